The van der Waals surface area contributed by atoms with Crippen molar-refractivity contribution in [1.29, 1.82) is 0 Å². The normalized spacial score (nSPS) is 24.3. The van der Waals surface area contributed by atoms with Gasteiger partial charge in [0.15, 0.2) is 0 Å². The summed E-state index contributed by atoms with van der Waals surface area (Å²) in [5.74, 6) is 1.19. The van der Waals surface area contributed by atoms with Crippen molar-refractivity contribution in [3.63, 3.8) is 0 Å². The number of piperidine rings is 1. The largest absolute Gasteiger partial charge is 0.331 e. The second-order valence-corrected chi connectivity index (χ2v) is 6.38. The SMILES string of the molecule is Cc1ccccc1C(C)NC(=O)N1CC(C)CC(C)C1. The van der Waals surface area contributed by atoms with Crippen molar-refractivity contribution in [2.24, 2.45) is 11.8 Å². The number of nitrogens with one attached hydrogen (secondary N) is 1. The maximum Gasteiger partial charge on any atom is 0.317 e. The minimum atomic E-state index is 0.0521. The number of aryl methyl sites for hydroxylation is 1. The lowest BCUT2D eigenvalue weighted by Gasteiger charge is -2.35. The first kappa shape index (κ1) is 14.9. The van der Waals surface area contributed by atoms with E-state index < -0.39 is 0 Å². The van der Waals surface area contributed by atoms with E-state index in [0.29, 0.717) is 11.8 Å². The number of amides is 2. The molecule has 0 aliphatic carbocycles. The Morgan fingerprint density at radius 3 is 2.45 bits per heavy atom. The molecule has 2 amide bonds. The van der Waals surface area contributed by atoms with E-state index in [2.05, 4.69) is 45.1 Å². The van der Waals surface area contributed by atoms with Crippen molar-refractivity contribution in [1.82, 2.24) is 10.2 Å². The second kappa shape index (κ2) is 6.29. The van der Waals surface area contributed by atoms with Crippen molar-refractivity contribution in [3.8, 4) is 0 Å². The fraction of sp³-hybridized carbons (Fsp3) is 0.588. The van der Waals surface area contributed by atoms with Gasteiger partial charge in [0, 0.05) is 13.1 Å². The van der Waals surface area contributed by atoms with Crippen LogP contribution in [0.1, 0.15) is 44.4 Å². The van der Waals surface area contributed by atoms with Crippen LogP contribution in [0.2, 0.25) is 0 Å². The van der Waals surface area contributed by atoms with E-state index in [1.807, 2.05) is 17.0 Å². The van der Waals surface area contributed by atoms with E-state index in [1.54, 1.807) is 0 Å². The number of carbonyl (C=O) groups excluding carboxylic acids is 1. The monoisotopic (exact) mass is 274 g/mol. The average molecular weight is 274 g/mol. The molecule has 0 bridgehead atoms. The molecule has 20 heavy (non-hydrogen) atoms. The maximum absolute atomic E-state index is 12.4. The number of likely N-dealkylation sites (tertiary alicyclic amines) is 1. The Balaban J connectivity index is 1.99. The van der Waals surface area contributed by atoms with E-state index >= 15 is 0 Å². The topological polar surface area (TPSA) is 32.3 Å². The van der Waals surface area contributed by atoms with Crippen LogP contribution in [0.3, 0.4) is 0 Å². The Hall–Kier alpha value is -1.51. The fourth-order valence-corrected chi connectivity index (χ4v) is 3.26. The summed E-state index contributed by atoms with van der Waals surface area (Å²) >= 11 is 0. The smallest absolute Gasteiger partial charge is 0.317 e. The highest BCUT2D eigenvalue weighted by molar-refractivity contribution is 5.75. The highest BCUT2D eigenvalue weighted by Gasteiger charge is 2.26. The number of rotatable bonds is 2. The number of hydrogen-bond donors (Lipinski definition) is 1. The van der Waals surface area contributed by atoms with Crippen molar-refractivity contribution >= 4 is 6.03 Å². The molecule has 3 heteroatoms. The van der Waals surface area contributed by atoms with E-state index in [0.717, 1.165) is 13.1 Å². The molecule has 1 aliphatic heterocycles. The number of hydrogen-bond acceptors (Lipinski definition) is 1. The zero-order chi connectivity index (χ0) is 14.7. The van der Waals surface area contributed by atoms with E-state index in [9.17, 15) is 4.79 Å². The predicted molar refractivity (Wildman–Crippen MR) is 82.6 cm³/mol. The van der Waals surface area contributed by atoms with Crippen LogP contribution in [0.4, 0.5) is 4.79 Å². The van der Waals surface area contributed by atoms with Crippen molar-refractivity contribution in [2.75, 3.05) is 13.1 Å². The van der Waals surface area contributed by atoms with Crippen LogP contribution in [0.15, 0.2) is 24.3 Å². The van der Waals surface area contributed by atoms with Gasteiger partial charge in [-0.25, -0.2) is 4.79 Å². The highest BCUT2D eigenvalue weighted by Crippen LogP contribution is 2.22. The Kier molecular flexibility index (Phi) is 4.69. The molecule has 1 aliphatic rings. The van der Waals surface area contributed by atoms with E-state index in [1.165, 1.54) is 17.5 Å². The molecule has 1 N–H and O–H groups in total. The number of urea groups is 1. The Bertz CT molecular complexity index is 462. The molecule has 1 aromatic carbocycles. The first-order valence-corrected chi connectivity index (χ1v) is 7.58. The molecule has 0 spiro atoms. The zero-order valence-electron chi connectivity index (χ0n) is 13.0. The molecule has 0 saturated carbocycles. The van der Waals surface area contributed by atoms with Gasteiger partial charge in [0.05, 0.1) is 6.04 Å². The maximum atomic E-state index is 12.4. The van der Waals surface area contributed by atoms with Crippen LogP contribution >= 0.6 is 0 Å². The number of nitrogens with zero attached hydrogens (tertiary/aromatic N) is 1. The van der Waals surface area contributed by atoms with Gasteiger partial charge in [-0.15, -0.1) is 0 Å². The molecule has 1 saturated heterocycles. The van der Waals surface area contributed by atoms with Gasteiger partial charge in [0.2, 0.25) is 0 Å². The van der Waals surface area contributed by atoms with Crippen LogP contribution in [0.5, 0.6) is 0 Å². The zero-order valence-corrected chi connectivity index (χ0v) is 13.0. The molecule has 3 nitrogen and oxygen atoms in total. The van der Waals surface area contributed by atoms with Crippen molar-refractivity contribution in [3.05, 3.63) is 35.4 Å². The summed E-state index contributed by atoms with van der Waals surface area (Å²) in [5.41, 5.74) is 2.42. The number of carbonyl (C=O) groups is 1. The molecule has 1 aromatic rings. The van der Waals surface area contributed by atoms with Gasteiger partial charge in [-0.05, 0) is 43.2 Å². The summed E-state index contributed by atoms with van der Waals surface area (Å²) in [6.07, 6.45) is 1.22. The molecule has 3 unspecified atom stereocenters. The summed E-state index contributed by atoms with van der Waals surface area (Å²) in [4.78, 5) is 14.4. The lowest BCUT2D eigenvalue weighted by atomic mass is 9.92. The third-order valence-corrected chi connectivity index (χ3v) is 4.15. The first-order valence-electron chi connectivity index (χ1n) is 7.58. The minimum absolute atomic E-state index is 0.0521. The molecule has 1 heterocycles. The second-order valence-electron chi connectivity index (χ2n) is 6.38. The third-order valence-electron chi connectivity index (χ3n) is 4.15. The average Bonchev–Trinajstić information content (AvgIpc) is 2.37. The van der Waals surface area contributed by atoms with E-state index in [-0.39, 0.29) is 12.1 Å². The van der Waals surface area contributed by atoms with E-state index in [4.69, 9.17) is 0 Å². The van der Waals surface area contributed by atoms with Gasteiger partial charge >= 0.3 is 6.03 Å². The summed E-state index contributed by atoms with van der Waals surface area (Å²) in [7, 11) is 0. The minimum Gasteiger partial charge on any atom is -0.331 e. The number of benzene rings is 1. The van der Waals surface area contributed by atoms with Gasteiger partial charge in [-0.2, -0.15) is 0 Å². The Morgan fingerprint density at radius 1 is 1.25 bits per heavy atom. The van der Waals surface area contributed by atoms with Crippen LogP contribution in [-0.4, -0.2) is 24.0 Å². The van der Waals surface area contributed by atoms with Crippen LogP contribution in [-0.2, 0) is 0 Å². The molecule has 110 valence electrons. The summed E-state index contributed by atoms with van der Waals surface area (Å²) in [6.45, 7) is 10.3. The van der Waals surface area contributed by atoms with Gasteiger partial charge in [-0.3, -0.25) is 0 Å². The molecule has 2 rings (SSSR count). The molecule has 0 radical (unpaired) electrons. The summed E-state index contributed by atoms with van der Waals surface area (Å²) in [5, 5.41) is 3.13. The third kappa shape index (κ3) is 3.53. The van der Waals surface area contributed by atoms with Crippen LogP contribution in [0, 0.1) is 18.8 Å². The van der Waals surface area contributed by atoms with Gasteiger partial charge in [0.1, 0.15) is 0 Å². The lowest BCUT2D eigenvalue weighted by molar-refractivity contribution is 0.144. The van der Waals surface area contributed by atoms with Crippen LogP contribution in [0.25, 0.3) is 0 Å². The summed E-state index contributed by atoms with van der Waals surface area (Å²) < 4.78 is 0. The van der Waals surface area contributed by atoms with Crippen LogP contribution < -0.4 is 5.32 Å². The molecular formula is C17H26N2O. The highest BCUT2D eigenvalue weighted by atomic mass is 16.2. The molecule has 0 aromatic heterocycles. The predicted octanol–water partition coefficient (Wildman–Crippen LogP) is 3.74. The summed E-state index contributed by atoms with van der Waals surface area (Å²) in [6, 6.07) is 8.35. The van der Waals surface area contributed by atoms with Crippen molar-refractivity contribution in [2.45, 2.75) is 40.2 Å². The molecular weight excluding hydrogens is 248 g/mol. The van der Waals surface area contributed by atoms with Gasteiger partial charge in [0.25, 0.3) is 0 Å². The fourth-order valence-electron chi connectivity index (χ4n) is 3.26. The molecule has 1 fully saturated rings. The lowest BCUT2D eigenvalue weighted by Crippen LogP contribution is -2.48. The Labute approximate surface area is 122 Å². The van der Waals surface area contributed by atoms with Gasteiger partial charge in [-0.1, -0.05) is 38.1 Å². The van der Waals surface area contributed by atoms with Crippen molar-refractivity contribution < 1.29 is 4.79 Å². The quantitative estimate of drug-likeness (QED) is 0.875. The van der Waals surface area contributed by atoms with Gasteiger partial charge < -0.3 is 10.2 Å². The standard InChI is InChI=1S/C17H26N2O/c1-12-9-13(2)11-19(10-12)17(20)18-15(4)16-8-6-5-7-14(16)3/h5-8,12-13,15H,9-11H2,1-4H3,(H,18,20). The Morgan fingerprint density at radius 2 is 1.85 bits per heavy atom. The molecule has 3 atom stereocenters. The first-order chi connectivity index (χ1) is 9.47.